The molecule has 1 fully saturated rings. The Hall–Kier alpha value is -1.03. The van der Waals surface area contributed by atoms with Crippen molar-refractivity contribution in [2.24, 2.45) is 0 Å². The van der Waals surface area contributed by atoms with Crippen LogP contribution in [0.2, 0.25) is 0 Å². The predicted octanol–water partition coefficient (Wildman–Crippen LogP) is 1.61. The number of hydrogen-bond acceptors (Lipinski definition) is 3. The quantitative estimate of drug-likeness (QED) is 0.755. The third-order valence-electron chi connectivity index (χ3n) is 2.28. The van der Waals surface area contributed by atoms with Gasteiger partial charge in [0.1, 0.15) is 0 Å². The molecule has 4 heteroatoms. The number of hydrogen-bond donors (Lipinski definition) is 2. The molecule has 0 aromatic carbocycles. The molecule has 0 unspecified atom stereocenters. The molecule has 1 amide bonds. The summed E-state index contributed by atoms with van der Waals surface area (Å²) in [5.41, 5.74) is 6.19. The SMILES string of the molecule is Nc1csc(C(=O)NC2CCC2)c1. The van der Waals surface area contributed by atoms with E-state index in [-0.39, 0.29) is 5.91 Å². The molecule has 0 spiro atoms. The summed E-state index contributed by atoms with van der Waals surface area (Å²) in [6.45, 7) is 0. The van der Waals surface area contributed by atoms with Crippen LogP contribution in [0.5, 0.6) is 0 Å². The molecule has 2 rings (SSSR count). The van der Waals surface area contributed by atoms with Gasteiger partial charge >= 0.3 is 0 Å². The van der Waals surface area contributed by atoms with Crippen LogP contribution < -0.4 is 11.1 Å². The lowest BCUT2D eigenvalue weighted by Gasteiger charge is -2.25. The van der Waals surface area contributed by atoms with Crippen molar-refractivity contribution in [3.8, 4) is 0 Å². The van der Waals surface area contributed by atoms with Gasteiger partial charge < -0.3 is 11.1 Å². The fourth-order valence-electron chi connectivity index (χ4n) is 1.28. The molecule has 0 bridgehead atoms. The van der Waals surface area contributed by atoms with E-state index in [1.807, 2.05) is 0 Å². The van der Waals surface area contributed by atoms with Gasteiger partial charge in [0.2, 0.25) is 0 Å². The molecule has 3 N–H and O–H groups in total. The van der Waals surface area contributed by atoms with Crippen LogP contribution in [0.3, 0.4) is 0 Å². The molecular formula is C9H12N2OS. The van der Waals surface area contributed by atoms with Crippen LogP contribution in [-0.4, -0.2) is 11.9 Å². The van der Waals surface area contributed by atoms with Crippen LogP contribution >= 0.6 is 11.3 Å². The van der Waals surface area contributed by atoms with E-state index in [0.717, 1.165) is 12.8 Å². The molecule has 1 aliphatic rings. The van der Waals surface area contributed by atoms with E-state index in [9.17, 15) is 4.79 Å². The number of nitrogens with one attached hydrogen (secondary N) is 1. The lowest BCUT2D eigenvalue weighted by atomic mass is 9.93. The molecule has 0 atom stereocenters. The first-order valence-electron chi connectivity index (χ1n) is 4.40. The Morgan fingerprint density at radius 2 is 2.38 bits per heavy atom. The Bertz CT molecular complexity index is 317. The summed E-state index contributed by atoms with van der Waals surface area (Å²) in [4.78, 5) is 12.2. The molecule has 1 heterocycles. The van der Waals surface area contributed by atoms with Crippen LogP contribution in [-0.2, 0) is 0 Å². The molecule has 0 saturated heterocycles. The Kier molecular flexibility index (Phi) is 2.22. The molecule has 70 valence electrons. The van der Waals surface area contributed by atoms with Gasteiger partial charge in [-0.25, -0.2) is 0 Å². The highest BCUT2D eigenvalue weighted by molar-refractivity contribution is 7.12. The van der Waals surface area contributed by atoms with Gasteiger partial charge in [-0.1, -0.05) is 0 Å². The number of carbonyl (C=O) groups is 1. The first-order chi connectivity index (χ1) is 6.25. The van der Waals surface area contributed by atoms with Crippen LogP contribution in [0.15, 0.2) is 11.4 Å². The summed E-state index contributed by atoms with van der Waals surface area (Å²) in [7, 11) is 0. The fourth-order valence-corrected chi connectivity index (χ4v) is 1.98. The second kappa shape index (κ2) is 3.38. The Balaban J connectivity index is 1.96. The average molecular weight is 196 g/mol. The van der Waals surface area contributed by atoms with E-state index in [0.29, 0.717) is 16.6 Å². The van der Waals surface area contributed by atoms with Gasteiger partial charge in [-0.2, -0.15) is 0 Å². The van der Waals surface area contributed by atoms with Gasteiger partial charge in [-0.3, -0.25) is 4.79 Å². The van der Waals surface area contributed by atoms with E-state index in [2.05, 4.69) is 5.32 Å². The highest BCUT2D eigenvalue weighted by Crippen LogP contribution is 2.20. The number of carbonyl (C=O) groups excluding carboxylic acids is 1. The first-order valence-corrected chi connectivity index (χ1v) is 5.28. The minimum atomic E-state index is 0.0198. The summed E-state index contributed by atoms with van der Waals surface area (Å²) in [5, 5.41) is 4.75. The van der Waals surface area contributed by atoms with Crippen molar-refractivity contribution in [3.05, 3.63) is 16.3 Å². The van der Waals surface area contributed by atoms with Gasteiger partial charge in [0.15, 0.2) is 0 Å². The van der Waals surface area contributed by atoms with Crippen LogP contribution in [0.4, 0.5) is 5.69 Å². The zero-order valence-corrected chi connectivity index (χ0v) is 8.06. The van der Waals surface area contributed by atoms with E-state index in [1.165, 1.54) is 17.8 Å². The van der Waals surface area contributed by atoms with Crippen LogP contribution in [0, 0.1) is 0 Å². The summed E-state index contributed by atoms with van der Waals surface area (Å²) in [5.74, 6) is 0.0198. The van der Waals surface area contributed by atoms with Crippen molar-refractivity contribution in [3.63, 3.8) is 0 Å². The van der Waals surface area contributed by atoms with Gasteiger partial charge in [-0.15, -0.1) is 11.3 Å². The highest BCUT2D eigenvalue weighted by Gasteiger charge is 2.20. The van der Waals surface area contributed by atoms with Crippen molar-refractivity contribution in [1.29, 1.82) is 0 Å². The van der Waals surface area contributed by atoms with Gasteiger partial charge in [-0.05, 0) is 25.3 Å². The topological polar surface area (TPSA) is 55.1 Å². The van der Waals surface area contributed by atoms with Crippen molar-refractivity contribution < 1.29 is 4.79 Å². The highest BCUT2D eigenvalue weighted by atomic mass is 32.1. The Morgan fingerprint density at radius 3 is 2.85 bits per heavy atom. The first kappa shape index (κ1) is 8.56. The summed E-state index contributed by atoms with van der Waals surface area (Å²) < 4.78 is 0. The Labute approximate surface area is 80.9 Å². The smallest absolute Gasteiger partial charge is 0.261 e. The predicted molar refractivity (Wildman–Crippen MR) is 53.8 cm³/mol. The molecule has 0 aliphatic heterocycles. The zero-order valence-electron chi connectivity index (χ0n) is 7.25. The second-order valence-corrected chi connectivity index (χ2v) is 4.26. The minimum Gasteiger partial charge on any atom is -0.398 e. The largest absolute Gasteiger partial charge is 0.398 e. The maximum absolute atomic E-state index is 11.5. The lowest BCUT2D eigenvalue weighted by molar-refractivity contribution is 0.0921. The second-order valence-electron chi connectivity index (χ2n) is 3.35. The van der Waals surface area contributed by atoms with Crippen LogP contribution in [0.1, 0.15) is 28.9 Å². The number of nitrogens with two attached hydrogens (primary N) is 1. The molecule has 1 saturated carbocycles. The molecule has 1 aliphatic carbocycles. The third kappa shape index (κ3) is 1.83. The number of nitrogen functional groups attached to an aromatic ring is 1. The fraction of sp³-hybridized carbons (Fsp3) is 0.444. The summed E-state index contributed by atoms with van der Waals surface area (Å²) >= 11 is 1.40. The van der Waals surface area contributed by atoms with Crippen LogP contribution in [0.25, 0.3) is 0 Å². The third-order valence-corrected chi connectivity index (χ3v) is 3.23. The maximum Gasteiger partial charge on any atom is 0.261 e. The van der Waals surface area contributed by atoms with Gasteiger partial charge in [0.05, 0.1) is 4.88 Å². The van der Waals surface area contributed by atoms with Crippen molar-refractivity contribution in [1.82, 2.24) is 5.32 Å². The van der Waals surface area contributed by atoms with E-state index in [1.54, 1.807) is 11.4 Å². The summed E-state index contributed by atoms with van der Waals surface area (Å²) in [6, 6.07) is 2.12. The minimum absolute atomic E-state index is 0.0198. The molecule has 1 aromatic heterocycles. The average Bonchev–Trinajstić information content (AvgIpc) is 2.44. The van der Waals surface area contributed by atoms with Gasteiger partial charge in [0, 0.05) is 17.1 Å². The number of anilines is 1. The van der Waals surface area contributed by atoms with Crippen molar-refractivity contribution in [2.75, 3.05) is 5.73 Å². The molecular weight excluding hydrogens is 184 g/mol. The monoisotopic (exact) mass is 196 g/mol. The standard InChI is InChI=1S/C9H12N2OS/c10-6-4-8(13-5-6)9(12)11-7-2-1-3-7/h4-5,7H,1-3,10H2,(H,11,12). The zero-order chi connectivity index (χ0) is 9.26. The van der Waals surface area contributed by atoms with Gasteiger partial charge in [0.25, 0.3) is 5.91 Å². The lowest BCUT2D eigenvalue weighted by Crippen LogP contribution is -2.39. The van der Waals surface area contributed by atoms with Crippen molar-refractivity contribution >= 4 is 22.9 Å². The Morgan fingerprint density at radius 1 is 1.62 bits per heavy atom. The summed E-state index contributed by atoms with van der Waals surface area (Å²) in [6.07, 6.45) is 3.47. The molecule has 3 nitrogen and oxygen atoms in total. The maximum atomic E-state index is 11.5. The van der Waals surface area contributed by atoms with E-state index < -0.39 is 0 Å². The van der Waals surface area contributed by atoms with E-state index in [4.69, 9.17) is 5.73 Å². The van der Waals surface area contributed by atoms with Crippen molar-refractivity contribution in [2.45, 2.75) is 25.3 Å². The number of rotatable bonds is 2. The molecule has 0 radical (unpaired) electrons. The number of thiophene rings is 1. The molecule has 1 aromatic rings. The molecule has 13 heavy (non-hydrogen) atoms. The van der Waals surface area contributed by atoms with E-state index >= 15 is 0 Å². The number of amides is 1. The normalized spacial score (nSPS) is 16.6.